The van der Waals surface area contributed by atoms with Crippen molar-refractivity contribution in [3.05, 3.63) is 0 Å². The van der Waals surface area contributed by atoms with Crippen molar-refractivity contribution in [2.75, 3.05) is 32.8 Å². The summed E-state index contributed by atoms with van der Waals surface area (Å²) in [4.78, 5) is 211. The van der Waals surface area contributed by atoms with Gasteiger partial charge in [0.1, 0.15) is 23.7 Å². The van der Waals surface area contributed by atoms with Gasteiger partial charge in [-0.25, -0.2) is 0 Å². The van der Waals surface area contributed by atoms with E-state index in [1.807, 2.05) is 0 Å². The Morgan fingerprint density at radius 1 is 0.390 bits per heavy atom. The average molecular weight is 1490 g/mol. The predicted molar refractivity (Wildman–Crippen MR) is 389 cm³/mol. The lowest BCUT2D eigenvalue weighted by atomic mass is 9.89. The zero-order chi connectivity index (χ0) is 79.7. The molecule has 0 aromatic heterocycles. The van der Waals surface area contributed by atoms with Crippen molar-refractivity contribution >= 4 is 106 Å². The number of carboxylic acid groups (broad SMARTS) is 2. The smallest absolute Gasteiger partial charge is 0.304 e. The Morgan fingerprint density at radius 2 is 0.819 bits per heavy atom. The number of guanidine groups is 3. The number of hydrogen-bond acceptors (Lipinski definition) is 21. The van der Waals surface area contributed by atoms with Crippen LogP contribution < -0.4 is 66.7 Å². The molecule has 0 spiro atoms. The summed E-state index contributed by atoms with van der Waals surface area (Å²) in [5, 5.41) is 62.8. The van der Waals surface area contributed by atoms with Crippen LogP contribution in [-0.4, -0.2) is 200 Å². The first-order chi connectivity index (χ1) is 49.4. The van der Waals surface area contributed by atoms with E-state index in [1.165, 1.54) is 58.8 Å². The molecule has 0 aliphatic heterocycles. The van der Waals surface area contributed by atoms with Gasteiger partial charge < -0.3 is 92.3 Å². The van der Waals surface area contributed by atoms with Gasteiger partial charge in [0.2, 0.25) is 35.4 Å². The number of nitrogens with zero attached hydrogens (tertiary/aromatic N) is 3. The van der Waals surface area contributed by atoms with Crippen molar-refractivity contribution < 1.29 is 97.5 Å². The van der Waals surface area contributed by atoms with E-state index in [1.54, 1.807) is 0 Å². The van der Waals surface area contributed by atoms with Gasteiger partial charge in [-0.15, -0.1) is 0 Å². The number of nitrogens with two attached hydrogens (primary N) is 7. The highest BCUT2D eigenvalue weighted by molar-refractivity contribution is 6.00. The van der Waals surface area contributed by atoms with Crippen molar-refractivity contribution in [2.45, 2.75) is 264 Å². The highest BCUT2D eigenvalue weighted by Gasteiger charge is 2.38. The number of aliphatic imine (C=N–C) groups is 3. The van der Waals surface area contributed by atoms with E-state index in [4.69, 9.17) is 40.1 Å². The molecule has 0 bridgehead atoms. The third kappa shape index (κ3) is 45.2. The summed E-state index contributed by atoms with van der Waals surface area (Å²) in [5.41, 5.74) is 38.0. The van der Waals surface area contributed by atoms with E-state index in [2.05, 4.69) is 48.5 Å². The molecular weight excluding hydrogens is 1370 g/mol. The third-order valence-electron chi connectivity index (χ3n) is 17.8. The number of ketones is 7. The van der Waals surface area contributed by atoms with Crippen LogP contribution in [0.2, 0.25) is 0 Å². The number of nitrogens with one attached hydrogen (secondary N) is 5. The number of primary amides is 1. The van der Waals surface area contributed by atoms with Gasteiger partial charge in [0.05, 0.1) is 62.1 Å². The molecule has 24 N–H and O–H groups in total. The fourth-order valence-corrected chi connectivity index (χ4v) is 11.6. The lowest BCUT2D eigenvalue weighted by molar-refractivity contribution is -0.143. The van der Waals surface area contributed by atoms with E-state index in [-0.39, 0.29) is 88.2 Å². The molecule has 0 aliphatic rings. The van der Waals surface area contributed by atoms with Crippen LogP contribution in [0.3, 0.4) is 0 Å². The molecule has 0 radical (unpaired) electrons. The summed E-state index contributed by atoms with van der Waals surface area (Å²) in [6.07, 6.45) is 5.35. The molecule has 12 atom stereocenters. The summed E-state index contributed by atoms with van der Waals surface area (Å²) in [5.74, 6) is -22.7. The molecule has 0 fully saturated rings. The van der Waals surface area contributed by atoms with Gasteiger partial charge >= 0.3 is 11.9 Å². The van der Waals surface area contributed by atoms with Crippen molar-refractivity contribution in [2.24, 2.45) is 90.6 Å². The third-order valence-corrected chi connectivity index (χ3v) is 17.8. The molecule has 0 aliphatic carbocycles. The fourth-order valence-electron chi connectivity index (χ4n) is 11.6. The summed E-state index contributed by atoms with van der Waals surface area (Å²) in [6, 6.07) is -6.79. The van der Waals surface area contributed by atoms with E-state index in [9.17, 15) is 97.5 Å². The largest absolute Gasteiger partial charge is 0.481 e. The van der Waals surface area contributed by atoms with Gasteiger partial charge in [-0.2, -0.15) is 0 Å². The predicted octanol–water partition coefficient (Wildman–Crippen LogP) is -0.286. The Labute approximate surface area is 614 Å². The zero-order valence-corrected chi connectivity index (χ0v) is 61.9. The maximum absolute atomic E-state index is 14.1. The van der Waals surface area contributed by atoms with Crippen molar-refractivity contribution in [3.63, 3.8) is 0 Å². The minimum Gasteiger partial charge on any atom is -0.481 e. The lowest BCUT2D eigenvalue weighted by Gasteiger charge is -2.26. The fraction of sp³-hybridized carbons (Fsp3) is 0.743. The second kappa shape index (κ2) is 54.7. The van der Waals surface area contributed by atoms with Gasteiger partial charge in [0.15, 0.2) is 46.8 Å². The van der Waals surface area contributed by atoms with Gasteiger partial charge in [-0.3, -0.25) is 86.9 Å². The number of carbonyl (C=O) groups is 15. The zero-order valence-electron chi connectivity index (χ0n) is 61.9. The second-order valence-corrected chi connectivity index (χ2v) is 27.2. The number of carboxylic acids is 2. The summed E-state index contributed by atoms with van der Waals surface area (Å²) in [6.45, 7) is 5.31. The van der Waals surface area contributed by atoms with Crippen LogP contribution in [0.25, 0.3) is 0 Å². The van der Waals surface area contributed by atoms with Crippen LogP contribution in [0, 0.1) is 35.5 Å². The number of rotatable bonds is 64. The number of hydrogen-bond donors (Lipinski definition) is 17. The number of carbonyl (C=O) groups excluding carboxylic acids is 13. The van der Waals surface area contributed by atoms with E-state index in [0.29, 0.717) is 12.8 Å². The molecule has 596 valence electrons. The lowest BCUT2D eigenvalue weighted by Crippen LogP contribution is -2.51. The molecule has 0 aromatic carbocycles. The highest BCUT2D eigenvalue weighted by atomic mass is 16.4. The van der Waals surface area contributed by atoms with Crippen LogP contribution in [-0.2, 0) is 71.9 Å². The minimum atomic E-state index is -1.81. The van der Waals surface area contributed by atoms with Gasteiger partial charge in [-0.05, 0) is 72.1 Å². The van der Waals surface area contributed by atoms with Crippen LogP contribution in [0.5, 0.6) is 0 Å². The van der Waals surface area contributed by atoms with Crippen LogP contribution >= 0.6 is 0 Å². The van der Waals surface area contributed by atoms with Crippen LogP contribution in [0.15, 0.2) is 15.0 Å². The monoisotopic (exact) mass is 1490 g/mol. The van der Waals surface area contributed by atoms with E-state index in [0.717, 1.165) is 46.0 Å². The molecule has 35 nitrogen and oxygen atoms in total. The first kappa shape index (κ1) is 96.1. The Bertz CT molecular complexity index is 2910. The molecule has 0 saturated heterocycles. The summed E-state index contributed by atoms with van der Waals surface area (Å²) in [7, 11) is 0. The van der Waals surface area contributed by atoms with Crippen molar-refractivity contribution in [3.8, 4) is 0 Å². The average Bonchev–Trinajstić information content (AvgIpc) is 0.869. The van der Waals surface area contributed by atoms with Crippen LogP contribution in [0.1, 0.15) is 227 Å². The maximum Gasteiger partial charge on any atom is 0.304 e. The van der Waals surface area contributed by atoms with Gasteiger partial charge in [0.25, 0.3) is 0 Å². The molecule has 0 unspecified atom stereocenters. The molecular formula is C70H121N15O20. The first-order valence-electron chi connectivity index (χ1n) is 36.4. The number of aliphatic hydroxyl groups is 3. The second-order valence-electron chi connectivity index (χ2n) is 27.2. The SMILES string of the molecule is CCCCCCCCCCCCCCCC(=O)C[C@@H](CCCN=C(N)N)C(=O)N[C@@H](CCC(=O)O)C(=O)C[C@H](C(=O)N[C@@H](CC(N)=O)C(=O)C[C@@H](C)C(=O)NCC(=O)C[C@@H](CCCN=C(N)N)C(=O)N[C@@H](CO)C(=O)C[C@@H](CC(=O)O)C(=O)N[C@H](C(=O)C[C@@H](CCCN=C(N)N)C(C)=O)[C@@H](C)O)[C@@H](C)O. The van der Waals surface area contributed by atoms with E-state index >= 15 is 0 Å². The number of aliphatic hydroxyl groups excluding tert-OH is 3. The molecule has 35 heteroatoms. The summed E-state index contributed by atoms with van der Waals surface area (Å²) < 4.78 is 0. The topological polar surface area (TPSA) is 637 Å². The maximum atomic E-state index is 14.1. The standard InChI is InChI=1S/C70H121N15O20/c1-6-7-8-9-10-11-12-13-14-15-16-17-18-25-49(90)32-46(23-20-29-79-69(74)75)64(102)82-52(26-27-60(97)98)57(94)37-51(43(4)88)67(105)83-53(38-59(71)96)55(92)31-41(2)63(101)81-39-50(91)33-47(24-21-30-80-70(76)77)65(103)84-54(40-86)56(93)35-48(36-61(99)100)66(104)85-62(44(5)89)58(95)34-45(42(3)87)22-19-28-78-68(72)73/h41,43-48,51-54,62,86,88-89H,6-40H2,1-5H3,(H2,71,96)(H,81,101)(H,82,102)(H,83,105)(H,84,103)(H,85,104)(H,97,98)(H,99,100)(H4,72,73,78)(H4,74,75,79)(H4,76,77,80)/t41-,43-,44-,45-,46-,47-,48+,51+,52+,53+,54+,62+/m1/s1. The molecule has 0 saturated carbocycles. The molecule has 0 rings (SSSR count). The normalized spacial score (nSPS) is 14.6. The van der Waals surface area contributed by atoms with Crippen molar-refractivity contribution in [1.29, 1.82) is 0 Å². The number of unbranched alkanes of at least 4 members (excludes halogenated alkanes) is 12. The van der Waals surface area contributed by atoms with Gasteiger partial charge in [0, 0.05) is 94.7 Å². The quantitative estimate of drug-likeness (QED) is 0.0211. The molecule has 6 amide bonds. The Balaban J connectivity index is 6.29. The molecule has 0 aromatic rings. The highest BCUT2D eigenvalue weighted by Crippen LogP contribution is 2.23. The van der Waals surface area contributed by atoms with Crippen LogP contribution in [0.4, 0.5) is 0 Å². The van der Waals surface area contributed by atoms with Gasteiger partial charge in [-0.1, -0.05) is 90.9 Å². The number of aliphatic carboxylic acids is 2. The van der Waals surface area contributed by atoms with Crippen molar-refractivity contribution in [1.82, 2.24) is 26.6 Å². The minimum absolute atomic E-state index is 0.0542. The Hall–Kier alpha value is -8.86. The first-order valence-corrected chi connectivity index (χ1v) is 36.4. The summed E-state index contributed by atoms with van der Waals surface area (Å²) >= 11 is 0. The Kier molecular flexibility index (Phi) is 50.1. The molecule has 0 heterocycles. The number of Topliss-reactive ketones (excluding diaryl/α,β-unsaturated/α-hetero) is 7. The number of amides is 6. The molecule has 105 heavy (non-hydrogen) atoms. The van der Waals surface area contributed by atoms with E-state index < -0.39 is 225 Å². The Morgan fingerprint density at radius 3 is 1.26 bits per heavy atom.